The second kappa shape index (κ2) is 7.50. The molecule has 2 atom stereocenters. The minimum Gasteiger partial charge on any atom is -0.457 e. The number of nitrogens with one attached hydrogen (secondary N) is 1. The second-order valence-corrected chi connectivity index (χ2v) is 8.47. The topological polar surface area (TPSA) is 93.3 Å². The van der Waals surface area contributed by atoms with Crippen LogP contribution in [0.1, 0.15) is 25.7 Å². The zero-order valence-electron chi connectivity index (χ0n) is 15.8. The van der Waals surface area contributed by atoms with Gasteiger partial charge in [-0.15, -0.1) is 0 Å². The Kier molecular flexibility index (Phi) is 4.69. The molecule has 0 radical (unpaired) electrons. The van der Waals surface area contributed by atoms with E-state index in [0.29, 0.717) is 5.69 Å². The summed E-state index contributed by atoms with van der Waals surface area (Å²) < 4.78 is 7.19. The molecule has 4 N–H and O–H groups in total. The summed E-state index contributed by atoms with van der Waals surface area (Å²) in [5, 5.41) is 15.4. The van der Waals surface area contributed by atoms with Gasteiger partial charge in [-0.25, -0.2) is 4.98 Å². The standard InChI is InChI=1S/C22H22N4O2S/c23-13-5-7-15-18(11-13)24-10-9-20(15)28-14-6-8-17-21(12-14)29-22(26-17)25-16-3-1-2-4-19(16)27/h5-12,16,19,27H,1-4,23H2,(H,25,26)/t16-,19-/m1/s1. The lowest BCUT2D eigenvalue weighted by Gasteiger charge is -2.27. The number of aliphatic hydroxyl groups excluding tert-OH is 1. The highest BCUT2D eigenvalue weighted by atomic mass is 32.1. The van der Waals surface area contributed by atoms with Gasteiger partial charge in [0, 0.05) is 23.3 Å². The average Bonchev–Trinajstić information content (AvgIpc) is 3.11. The molecule has 7 heteroatoms. The largest absolute Gasteiger partial charge is 0.457 e. The molecule has 1 aliphatic carbocycles. The number of rotatable bonds is 4. The highest BCUT2D eigenvalue weighted by molar-refractivity contribution is 7.22. The zero-order chi connectivity index (χ0) is 19.8. The summed E-state index contributed by atoms with van der Waals surface area (Å²) in [5.74, 6) is 1.48. The maximum absolute atomic E-state index is 10.2. The van der Waals surface area contributed by atoms with Crippen molar-refractivity contribution in [2.75, 3.05) is 11.1 Å². The van der Waals surface area contributed by atoms with Crippen LogP contribution >= 0.6 is 11.3 Å². The monoisotopic (exact) mass is 406 g/mol. The number of hydrogen-bond donors (Lipinski definition) is 3. The lowest BCUT2D eigenvalue weighted by Crippen LogP contribution is -2.36. The number of thiazole rings is 1. The average molecular weight is 407 g/mol. The van der Waals surface area contributed by atoms with Crippen molar-refractivity contribution >= 4 is 43.3 Å². The molecule has 0 unspecified atom stereocenters. The van der Waals surface area contributed by atoms with E-state index in [4.69, 9.17) is 10.5 Å². The summed E-state index contributed by atoms with van der Waals surface area (Å²) >= 11 is 1.58. The van der Waals surface area contributed by atoms with Crippen LogP contribution in [0.2, 0.25) is 0 Å². The Labute approximate surface area is 172 Å². The van der Waals surface area contributed by atoms with E-state index in [9.17, 15) is 5.11 Å². The van der Waals surface area contributed by atoms with Gasteiger partial charge in [0.15, 0.2) is 5.13 Å². The summed E-state index contributed by atoms with van der Waals surface area (Å²) in [6, 6.07) is 13.4. The van der Waals surface area contributed by atoms with Crippen molar-refractivity contribution in [3.63, 3.8) is 0 Å². The van der Waals surface area contributed by atoms with Crippen LogP contribution in [0, 0.1) is 0 Å². The first-order valence-electron chi connectivity index (χ1n) is 9.83. The van der Waals surface area contributed by atoms with Crippen molar-refractivity contribution in [2.45, 2.75) is 37.8 Å². The van der Waals surface area contributed by atoms with Gasteiger partial charge in [0.25, 0.3) is 0 Å². The first-order valence-corrected chi connectivity index (χ1v) is 10.6. The van der Waals surface area contributed by atoms with Crippen LogP contribution in [0.4, 0.5) is 10.8 Å². The molecule has 0 aliphatic heterocycles. The fraction of sp³-hybridized carbons (Fsp3) is 0.273. The van der Waals surface area contributed by atoms with Crippen molar-refractivity contribution in [1.82, 2.24) is 9.97 Å². The van der Waals surface area contributed by atoms with Crippen molar-refractivity contribution in [2.24, 2.45) is 0 Å². The van der Waals surface area contributed by atoms with Crippen LogP contribution in [0.25, 0.3) is 21.1 Å². The van der Waals surface area contributed by atoms with Crippen LogP contribution < -0.4 is 15.8 Å². The molecule has 0 amide bonds. The fourth-order valence-corrected chi connectivity index (χ4v) is 4.78. The van der Waals surface area contributed by atoms with E-state index in [-0.39, 0.29) is 12.1 Å². The molecule has 0 spiro atoms. The van der Waals surface area contributed by atoms with Crippen LogP contribution in [-0.4, -0.2) is 27.2 Å². The van der Waals surface area contributed by atoms with E-state index in [1.54, 1.807) is 17.5 Å². The molecule has 148 valence electrons. The molecule has 0 bridgehead atoms. The number of pyridine rings is 1. The normalized spacial score (nSPS) is 19.5. The van der Waals surface area contributed by atoms with Crippen molar-refractivity contribution in [1.29, 1.82) is 0 Å². The lowest BCUT2D eigenvalue weighted by molar-refractivity contribution is 0.116. The van der Waals surface area contributed by atoms with Crippen LogP contribution in [-0.2, 0) is 0 Å². The van der Waals surface area contributed by atoms with Crippen molar-refractivity contribution in [3.8, 4) is 11.5 Å². The van der Waals surface area contributed by atoms with Crippen molar-refractivity contribution in [3.05, 3.63) is 48.7 Å². The molecule has 2 heterocycles. The minimum absolute atomic E-state index is 0.0793. The number of hydrogen-bond acceptors (Lipinski definition) is 7. The Morgan fingerprint density at radius 1 is 1.07 bits per heavy atom. The smallest absolute Gasteiger partial charge is 0.184 e. The number of fused-ring (bicyclic) bond motifs is 2. The van der Waals surface area contributed by atoms with Gasteiger partial charge < -0.3 is 20.9 Å². The summed E-state index contributed by atoms with van der Waals surface area (Å²) in [6.45, 7) is 0. The first kappa shape index (κ1) is 18.1. The zero-order valence-corrected chi connectivity index (χ0v) is 16.7. The molecule has 29 heavy (non-hydrogen) atoms. The highest BCUT2D eigenvalue weighted by Gasteiger charge is 2.23. The highest BCUT2D eigenvalue weighted by Crippen LogP contribution is 2.34. The van der Waals surface area contributed by atoms with Crippen LogP contribution in [0.15, 0.2) is 48.7 Å². The van der Waals surface area contributed by atoms with Gasteiger partial charge in [-0.2, -0.15) is 0 Å². The van der Waals surface area contributed by atoms with Gasteiger partial charge in [0.2, 0.25) is 0 Å². The molecule has 2 aromatic carbocycles. The Morgan fingerprint density at radius 3 is 2.86 bits per heavy atom. The van der Waals surface area contributed by atoms with Gasteiger partial charge in [-0.1, -0.05) is 24.2 Å². The third-order valence-electron chi connectivity index (χ3n) is 5.35. The molecule has 4 aromatic rings. The lowest BCUT2D eigenvalue weighted by atomic mass is 9.93. The molecule has 6 nitrogen and oxygen atoms in total. The number of ether oxygens (including phenoxy) is 1. The maximum Gasteiger partial charge on any atom is 0.184 e. The van der Waals surface area contributed by atoms with Gasteiger partial charge in [0.1, 0.15) is 11.5 Å². The summed E-state index contributed by atoms with van der Waals surface area (Å²) in [5.41, 5.74) is 8.26. The second-order valence-electron chi connectivity index (χ2n) is 7.44. The Balaban J connectivity index is 1.40. The fourth-order valence-electron chi connectivity index (χ4n) is 3.82. The predicted octanol–water partition coefficient (Wildman–Crippen LogP) is 4.93. The van der Waals surface area contributed by atoms with Gasteiger partial charge in [0.05, 0.1) is 27.9 Å². The van der Waals surface area contributed by atoms with E-state index in [1.807, 2.05) is 42.5 Å². The van der Waals surface area contributed by atoms with Crippen molar-refractivity contribution < 1.29 is 9.84 Å². The van der Waals surface area contributed by atoms with E-state index in [0.717, 1.165) is 63.4 Å². The molecule has 1 aliphatic rings. The SMILES string of the molecule is Nc1ccc2c(Oc3ccc4nc(N[C@@H]5CCCC[C@H]5O)sc4c3)ccnc2c1. The molecular formula is C22H22N4O2S. The van der Waals surface area contributed by atoms with E-state index in [2.05, 4.69) is 15.3 Å². The summed E-state index contributed by atoms with van der Waals surface area (Å²) in [4.78, 5) is 9.03. The minimum atomic E-state index is -0.302. The number of nitrogens with zero attached hydrogens (tertiary/aromatic N) is 2. The third kappa shape index (κ3) is 3.71. The van der Waals surface area contributed by atoms with Gasteiger partial charge in [-0.05, 0) is 49.2 Å². The van der Waals surface area contributed by atoms with E-state index in [1.165, 1.54) is 0 Å². The molecule has 1 fully saturated rings. The number of aliphatic hydroxyl groups is 1. The number of anilines is 2. The molecular weight excluding hydrogens is 384 g/mol. The number of nitrogens with two attached hydrogens (primary N) is 1. The van der Waals surface area contributed by atoms with Gasteiger partial charge >= 0.3 is 0 Å². The van der Waals surface area contributed by atoms with Crippen LogP contribution in [0.3, 0.4) is 0 Å². The summed E-state index contributed by atoms with van der Waals surface area (Å²) in [6.07, 6.45) is 5.49. The molecule has 2 aromatic heterocycles. The van der Waals surface area contributed by atoms with E-state index < -0.39 is 0 Å². The van der Waals surface area contributed by atoms with Gasteiger partial charge in [-0.3, -0.25) is 4.98 Å². The quantitative estimate of drug-likeness (QED) is 0.416. The molecule has 0 saturated heterocycles. The summed E-state index contributed by atoms with van der Waals surface area (Å²) in [7, 11) is 0. The maximum atomic E-state index is 10.2. The number of aromatic nitrogens is 2. The Morgan fingerprint density at radius 2 is 1.97 bits per heavy atom. The molecule has 1 saturated carbocycles. The number of benzene rings is 2. The predicted molar refractivity (Wildman–Crippen MR) is 118 cm³/mol. The molecule has 5 rings (SSSR count). The van der Waals surface area contributed by atoms with E-state index >= 15 is 0 Å². The Hall–Kier alpha value is -2.90. The third-order valence-corrected chi connectivity index (χ3v) is 6.30. The first-order chi connectivity index (χ1) is 14.2. The number of nitrogen functional groups attached to an aromatic ring is 1. The Bertz CT molecular complexity index is 1180. The van der Waals surface area contributed by atoms with Crippen LogP contribution in [0.5, 0.6) is 11.5 Å².